The molecule has 2 fully saturated rings. The van der Waals surface area contributed by atoms with E-state index in [1.165, 1.54) is 0 Å². The van der Waals surface area contributed by atoms with Crippen LogP contribution in [-0.4, -0.2) is 40.8 Å². The number of amides is 1. The highest BCUT2D eigenvalue weighted by molar-refractivity contribution is 5.76. The van der Waals surface area contributed by atoms with Crippen LogP contribution in [0.5, 0.6) is 0 Å². The van der Waals surface area contributed by atoms with Crippen LogP contribution < -0.4 is 0 Å². The summed E-state index contributed by atoms with van der Waals surface area (Å²) < 4.78 is 5.23. The Morgan fingerprint density at radius 2 is 1.75 bits per heavy atom. The Balaban J connectivity index is 1.85. The molecular formula is C11H17NO4. The summed E-state index contributed by atoms with van der Waals surface area (Å²) in [6.45, 7) is 6.51. The third-order valence-corrected chi connectivity index (χ3v) is 3.13. The number of rotatable bonds is 1. The highest BCUT2D eigenvalue weighted by atomic mass is 16.6. The number of hydrogen-bond donors (Lipinski definition) is 1. The summed E-state index contributed by atoms with van der Waals surface area (Å²) in [5.41, 5.74) is -0.490. The average molecular weight is 227 g/mol. The molecule has 0 aromatic rings. The molecule has 0 bridgehead atoms. The zero-order chi connectivity index (χ0) is 12.1. The van der Waals surface area contributed by atoms with Crippen molar-refractivity contribution in [3.63, 3.8) is 0 Å². The Morgan fingerprint density at radius 3 is 2.12 bits per heavy atom. The van der Waals surface area contributed by atoms with Crippen LogP contribution in [0.25, 0.3) is 0 Å². The van der Waals surface area contributed by atoms with Crippen molar-refractivity contribution >= 4 is 12.1 Å². The molecular weight excluding hydrogens is 210 g/mol. The second kappa shape index (κ2) is 3.37. The van der Waals surface area contributed by atoms with E-state index in [1.54, 1.807) is 4.90 Å². The third-order valence-electron chi connectivity index (χ3n) is 3.13. The first kappa shape index (κ1) is 11.2. The lowest BCUT2D eigenvalue weighted by molar-refractivity contribution is -0.139. The first-order chi connectivity index (χ1) is 7.29. The summed E-state index contributed by atoms with van der Waals surface area (Å²) in [6, 6.07) is 0. The van der Waals surface area contributed by atoms with Crippen LogP contribution in [0.4, 0.5) is 4.79 Å². The van der Waals surface area contributed by atoms with Gasteiger partial charge in [-0.2, -0.15) is 0 Å². The van der Waals surface area contributed by atoms with E-state index in [1.807, 2.05) is 20.8 Å². The van der Waals surface area contributed by atoms with Crippen molar-refractivity contribution in [1.29, 1.82) is 0 Å². The molecule has 0 radical (unpaired) electrons. The molecule has 1 N–H and O–H groups in total. The average Bonchev–Trinajstić information content (AvgIpc) is 2.60. The summed E-state index contributed by atoms with van der Waals surface area (Å²) in [5.74, 6) is -0.687. The lowest BCUT2D eigenvalue weighted by Gasteiger charge is -2.25. The Kier molecular flexibility index (Phi) is 2.36. The second-order valence-electron chi connectivity index (χ2n) is 5.58. The van der Waals surface area contributed by atoms with Crippen LogP contribution >= 0.6 is 0 Å². The van der Waals surface area contributed by atoms with Crippen molar-refractivity contribution in [1.82, 2.24) is 4.90 Å². The van der Waals surface area contributed by atoms with Gasteiger partial charge in [-0.05, 0) is 32.6 Å². The van der Waals surface area contributed by atoms with E-state index in [-0.39, 0.29) is 23.8 Å². The molecule has 2 rings (SSSR count). The van der Waals surface area contributed by atoms with E-state index >= 15 is 0 Å². The predicted octanol–water partition coefficient (Wildman–Crippen LogP) is 1.18. The summed E-state index contributed by atoms with van der Waals surface area (Å²) >= 11 is 0. The number of likely N-dealkylation sites (tertiary alicyclic amines) is 1. The number of nitrogens with zero attached hydrogens (tertiary/aromatic N) is 1. The molecule has 5 heteroatoms. The van der Waals surface area contributed by atoms with Crippen molar-refractivity contribution in [2.45, 2.75) is 26.4 Å². The Bertz CT molecular complexity index is 321. The van der Waals surface area contributed by atoms with Crippen LogP contribution in [0.3, 0.4) is 0 Å². The second-order valence-corrected chi connectivity index (χ2v) is 5.58. The summed E-state index contributed by atoms with van der Waals surface area (Å²) in [4.78, 5) is 24.0. The SMILES string of the molecule is CC(C)(C)OC(=O)N1CC2[C@@H](C1)[C@H]2C(=O)O. The fourth-order valence-corrected chi connectivity index (χ4v) is 2.37. The van der Waals surface area contributed by atoms with Crippen LogP contribution in [-0.2, 0) is 9.53 Å². The number of hydrogen-bond acceptors (Lipinski definition) is 3. The number of piperidine rings is 1. The molecule has 1 heterocycles. The summed E-state index contributed by atoms with van der Waals surface area (Å²) in [6.07, 6.45) is -0.330. The topological polar surface area (TPSA) is 66.8 Å². The van der Waals surface area contributed by atoms with E-state index in [9.17, 15) is 9.59 Å². The van der Waals surface area contributed by atoms with E-state index < -0.39 is 11.6 Å². The largest absolute Gasteiger partial charge is 0.481 e. The van der Waals surface area contributed by atoms with Crippen molar-refractivity contribution in [3.8, 4) is 0 Å². The number of carbonyl (C=O) groups excluding carboxylic acids is 1. The zero-order valence-electron chi connectivity index (χ0n) is 9.77. The molecule has 0 aromatic heterocycles. The Morgan fingerprint density at radius 1 is 1.25 bits per heavy atom. The number of carboxylic acid groups (broad SMARTS) is 1. The van der Waals surface area contributed by atoms with Crippen molar-refractivity contribution in [3.05, 3.63) is 0 Å². The molecule has 1 aliphatic heterocycles. The molecule has 5 nitrogen and oxygen atoms in total. The number of ether oxygens (including phenoxy) is 1. The van der Waals surface area contributed by atoms with Crippen molar-refractivity contribution in [2.24, 2.45) is 17.8 Å². The summed E-state index contributed by atoms with van der Waals surface area (Å²) in [5, 5.41) is 8.84. The maximum atomic E-state index is 11.7. The van der Waals surface area contributed by atoms with Gasteiger partial charge >= 0.3 is 12.1 Å². The fraction of sp³-hybridized carbons (Fsp3) is 0.818. The van der Waals surface area contributed by atoms with E-state index in [4.69, 9.17) is 9.84 Å². The van der Waals surface area contributed by atoms with Crippen LogP contribution in [0.2, 0.25) is 0 Å². The third kappa shape index (κ3) is 1.99. The molecule has 16 heavy (non-hydrogen) atoms. The van der Waals surface area contributed by atoms with Gasteiger partial charge in [0.25, 0.3) is 0 Å². The molecule has 1 aliphatic carbocycles. The minimum absolute atomic E-state index is 0.144. The highest BCUT2D eigenvalue weighted by Crippen LogP contribution is 2.51. The number of carboxylic acids is 1. The van der Waals surface area contributed by atoms with Gasteiger partial charge in [-0.25, -0.2) is 4.79 Å². The number of fused-ring (bicyclic) bond motifs is 1. The molecule has 1 saturated carbocycles. The van der Waals surface area contributed by atoms with Gasteiger partial charge in [0.2, 0.25) is 0 Å². The van der Waals surface area contributed by atoms with Gasteiger partial charge in [-0.1, -0.05) is 0 Å². The standard InChI is InChI=1S/C11H17NO4/c1-11(2,3)16-10(15)12-4-6-7(5-12)8(6)9(13)14/h6-8H,4-5H2,1-3H3,(H,13,14)/t6-,7?,8-/m1/s1. The lowest BCUT2D eigenvalue weighted by Crippen LogP contribution is -2.37. The van der Waals surface area contributed by atoms with Gasteiger partial charge in [-0.3, -0.25) is 4.79 Å². The smallest absolute Gasteiger partial charge is 0.410 e. The Labute approximate surface area is 94.4 Å². The first-order valence-electron chi connectivity index (χ1n) is 5.50. The molecule has 1 amide bonds. The summed E-state index contributed by atoms with van der Waals surface area (Å²) in [7, 11) is 0. The van der Waals surface area contributed by atoms with E-state index in [0.717, 1.165) is 0 Å². The fourth-order valence-electron chi connectivity index (χ4n) is 2.37. The molecule has 1 saturated heterocycles. The normalized spacial score (nSPS) is 32.2. The number of carbonyl (C=O) groups is 2. The highest BCUT2D eigenvalue weighted by Gasteiger charge is 2.60. The molecule has 90 valence electrons. The van der Waals surface area contributed by atoms with Crippen LogP contribution in [0.1, 0.15) is 20.8 Å². The molecule has 0 spiro atoms. The quantitative estimate of drug-likeness (QED) is 0.730. The zero-order valence-corrected chi connectivity index (χ0v) is 9.77. The van der Waals surface area contributed by atoms with E-state index in [0.29, 0.717) is 13.1 Å². The predicted molar refractivity (Wildman–Crippen MR) is 55.9 cm³/mol. The van der Waals surface area contributed by atoms with E-state index in [2.05, 4.69) is 0 Å². The minimum atomic E-state index is -0.737. The molecule has 1 unspecified atom stereocenters. The van der Waals surface area contributed by atoms with Gasteiger partial charge in [0.05, 0.1) is 5.92 Å². The Hall–Kier alpha value is -1.26. The van der Waals surface area contributed by atoms with Gasteiger partial charge in [-0.15, -0.1) is 0 Å². The van der Waals surface area contributed by atoms with Crippen LogP contribution in [0.15, 0.2) is 0 Å². The van der Waals surface area contributed by atoms with Gasteiger partial charge < -0.3 is 14.7 Å². The van der Waals surface area contributed by atoms with Crippen molar-refractivity contribution in [2.75, 3.05) is 13.1 Å². The maximum absolute atomic E-state index is 11.7. The molecule has 3 atom stereocenters. The monoisotopic (exact) mass is 227 g/mol. The molecule has 2 aliphatic rings. The first-order valence-corrected chi connectivity index (χ1v) is 5.50. The van der Waals surface area contributed by atoms with Crippen LogP contribution in [0, 0.1) is 17.8 Å². The van der Waals surface area contributed by atoms with Gasteiger partial charge in [0.15, 0.2) is 0 Å². The van der Waals surface area contributed by atoms with Gasteiger partial charge in [0.1, 0.15) is 5.60 Å². The lowest BCUT2D eigenvalue weighted by atomic mass is 10.2. The maximum Gasteiger partial charge on any atom is 0.410 e. The molecule has 0 aromatic carbocycles. The van der Waals surface area contributed by atoms with Crippen molar-refractivity contribution < 1.29 is 19.4 Å². The minimum Gasteiger partial charge on any atom is -0.481 e. The van der Waals surface area contributed by atoms with Gasteiger partial charge in [0, 0.05) is 13.1 Å². The number of aliphatic carboxylic acids is 1.